The number of hydrogen-bond acceptors (Lipinski definition) is 4. The van der Waals surface area contributed by atoms with Crippen molar-refractivity contribution in [1.29, 1.82) is 5.26 Å². The molecule has 0 unspecified atom stereocenters. The maximum atomic E-state index is 9.69. The van der Waals surface area contributed by atoms with E-state index in [0.717, 1.165) is 64.5 Å². The van der Waals surface area contributed by atoms with Crippen molar-refractivity contribution in [2.75, 3.05) is 0 Å². The maximum Gasteiger partial charge on any atom is 0.127 e. The minimum Gasteiger partial charge on any atom is -0.488 e. The van der Waals surface area contributed by atoms with Gasteiger partial charge in [0, 0.05) is 53.8 Å². The van der Waals surface area contributed by atoms with Gasteiger partial charge in [0.2, 0.25) is 0 Å². The van der Waals surface area contributed by atoms with Gasteiger partial charge in [-0.15, -0.1) is 0 Å². The first kappa shape index (κ1) is 21.7. The zero-order valence-corrected chi connectivity index (χ0v) is 19.5. The third-order valence-electron chi connectivity index (χ3n) is 6.18. The van der Waals surface area contributed by atoms with E-state index in [-0.39, 0.29) is 0 Å². The van der Waals surface area contributed by atoms with Gasteiger partial charge in [-0.3, -0.25) is 4.98 Å². The second-order valence-electron chi connectivity index (χ2n) is 8.54. The third-order valence-corrected chi connectivity index (χ3v) is 6.18. The van der Waals surface area contributed by atoms with Gasteiger partial charge in [-0.1, -0.05) is 37.3 Å². The summed E-state index contributed by atoms with van der Waals surface area (Å²) in [6.45, 7) is 5.24. The SMILES string of the molecule is CCCc1nc(-c2ccncc2)cn1Cc1ccc2c(c1)COc1ccccc1/C2=C(\C)C#N. The minimum atomic E-state index is 0.469. The van der Waals surface area contributed by atoms with Crippen LogP contribution in [0.3, 0.4) is 0 Å². The standard InChI is InChI=1S/C29H26N4O/c1-3-6-28-32-26(22-11-13-31-14-12-22)18-33(28)17-21-9-10-24-23(15-21)19-34-27-8-5-4-7-25(27)29(24)20(2)16-30/h4-5,7-15,18H,3,6,17,19H2,1-2H3/b29-20+. The highest BCUT2D eigenvalue weighted by Gasteiger charge is 2.21. The number of aryl methyl sites for hydroxylation is 1. The van der Waals surface area contributed by atoms with E-state index in [9.17, 15) is 5.26 Å². The molecule has 0 N–H and O–H groups in total. The molecule has 0 fully saturated rings. The predicted octanol–water partition coefficient (Wildman–Crippen LogP) is 6.18. The van der Waals surface area contributed by atoms with Crippen molar-refractivity contribution in [3.8, 4) is 23.1 Å². The molecule has 0 bridgehead atoms. The van der Waals surface area contributed by atoms with Crippen molar-refractivity contribution in [1.82, 2.24) is 14.5 Å². The number of rotatable bonds is 5. The van der Waals surface area contributed by atoms with Crippen molar-refractivity contribution in [2.45, 2.75) is 39.8 Å². The molecule has 5 heteroatoms. The van der Waals surface area contributed by atoms with Crippen molar-refractivity contribution >= 4 is 5.57 Å². The van der Waals surface area contributed by atoms with Gasteiger partial charge >= 0.3 is 0 Å². The van der Waals surface area contributed by atoms with Crippen LogP contribution in [-0.2, 0) is 19.6 Å². The van der Waals surface area contributed by atoms with Crippen LogP contribution in [0, 0.1) is 11.3 Å². The molecule has 1 aliphatic rings. The molecule has 5 nitrogen and oxygen atoms in total. The average molecular weight is 447 g/mol. The first-order valence-corrected chi connectivity index (χ1v) is 11.6. The summed E-state index contributed by atoms with van der Waals surface area (Å²) in [6.07, 6.45) is 7.68. The second-order valence-corrected chi connectivity index (χ2v) is 8.54. The Labute approximate surface area is 200 Å². The largest absolute Gasteiger partial charge is 0.488 e. The average Bonchev–Trinajstić information content (AvgIpc) is 3.18. The van der Waals surface area contributed by atoms with Crippen LogP contribution in [0.15, 0.2) is 78.8 Å². The number of para-hydroxylation sites is 1. The molecule has 0 atom stereocenters. The number of aromatic nitrogens is 3. The number of benzene rings is 2. The Hall–Kier alpha value is -4.17. The molecule has 0 amide bonds. The van der Waals surface area contributed by atoms with E-state index >= 15 is 0 Å². The molecule has 0 saturated heterocycles. The van der Waals surface area contributed by atoms with Gasteiger partial charge in [0.15, 0.2) is 0 Å². The lowest BCUT2D eigenvalue weighted by molar-refractivity contribution is 0.307. The van der Waals surface area contributed by atoms with Crippen LogP contribution >= 0.6 is 0 Å². The molecule has 5 rings (SSSR count). The minimum absolute atomic E-state index is 0.469. The van der Waals surface area contributed by atoms with Gasteiger partial charge < -0.3 is 9.30 Å². The summed E-state index contributed by atoms with van der Waals surface area (Å²) in [5.41, 5.74) is 7.97. The van der Waals surface area contributed by atoms with E-state index in [1.165, 1.54) is 5.56 Å². The van der Waals surface area contributed by atoms with E-state index in [0.29, 0.717) is 12.2 Å². The fraction of sp³-hybridized carbons (Fsp3) is 0.207. The van der Waals surface area contributed by atoms with Crippen LogP contribution in [0.25, 0.3) is 16.8 Å². The van der Waals surface area contributed by atoms with Crippen LogP contribution in [0.5, 0.6) is 5.75 Å². The number of nitriles is 1. The first-order valence-electron chi connectivity index (χ1n) is 11.6. The van der Waals surface area contributed by atoms with E-state index in [1.54, 1.807) is 12.4 Å². The molecule has 0 radical (unpaired) electrons. The number of fused-ring (bicyclic) bond motifs is 2. The number of pyridine rings is 1. The Morgan fingerprint density at radius 3 is 2.71 bits per heavy atom. The van der Waals surface area contributed by atoms with Gasteiger partial charge in [-0.25, -0.2) is 4.98 Å². The van der Waals surface area contributed by atoms with Crippen LogP contribution in [0.4, 0.5) is 0 Å². The van der Waals surface area contributed by atoms with Gasteiger partial charge in [0.25, 0.3) is 0 Å². The summed E-state index contributed by atoms with van der Waals surface area (Å²) in [5.74, 6) is 1.89. The topological polar surface area (TPSA) is 63.7 Å². The lowest BCUT2D eigenvalue weighted by Crippen LogP contribution is -2.06. The van der Waals surface area contributed by atoms with Crippen molar-refractivity contribution < 1.29 is 4.74 Å². The smallest absolute Gasteiger partial charge is 0.127 e. The first-order chi connectivity index (χ1) is 16.7. The summed E-state index contributed by atoms with van der Waals surface area (Å²) < 4.78 is 8.40. The molecule has 2 aromatic heterocycles. The monoisotopic (exact) mass is 446 g/mol. The Kier molecular flexibility index (Phi) is 5.97. The molecule has 0 spiro atoms. The Balaban J connectivity index is 1.53. The molecule has 0 aliphatic carbocycles. The second kappa shape index (κ2) is 9.36. The highest BCUT2D eigenvalue weighted by atomic mass is 16.5. The number of imidazole rings is 1. The Morgan fingerprint density at radius 2 is 1.91 bits per heavy atom. The number of hydrogen-bond donors (Lipinski definition) is 0. The van der Waals surface area contributed by atoms with Crippen molar-refractivity contribution in [2.24, 2.45) is 0 Å². The molecular weight excluding hydrogens is 420 g/mol. The Bertz CT molecular complexity index is 1410. The third kappa shape index (κ3) is 4.11. The van der Waals surface area contributed by atoms with Gasteiger partial charge in [-0.05, 0) is 54.3 Å². The van der Waals surface area contributed by atoms with Crippen LogP contribution in [-0.4, -0.2) is 14.5 Å². The molecule has 34 heavy (non-hydrogen) atoms. The fourth-order valence-electron chi connectivity index (χ4n) is 4.54. The number of ether oxygens (including phenoxy) is 1. The van der Waals surface area contributed by atoms with E-state index in [4.69, 9.17) is 9.72 Å². The summed E-state index contributed by atoms with van der Waals surface area (Å²) >= 11 is 0. The molecule has 1 aliphatic heterocycles. The molecule has 3 heterocycles. The zero-order chi connectivity index (χ0) is 23.5. The summed E-state index contributed by atoms with van der Waals surface area (Å²) in [6, 6.07) is 20.8. The Morgan fingerprint density at radius 1 is 1.09 bits per heavy atom. The molecule has 2 aromatic carbocycles. The molecular formula is C29H26N4O. The predicted molar refractivity (Wildman–Crippen MR) is 133 cm³/mol. The van der Waals surface area contributed by atoms with Gasteiger partial charge in [0.05, 0.1) is 11.8 Å². The number of nitrogens with zero attached hydrogens (tertiary/aromatic N) is 4. The van der Waals surface area contributed by atoms with E-state index < -0.39 is 0 Å². The highest BCUT2D eigenvalue weighted by Crippen LogP contribution is 2.38. The summed E-state index contributed by atoms with van der Waals surface area (Å²) in [5, 5.41) is 9.69. The van der Waals surface area contributed by atoms with E-state index in [1.807, 2.05) is 43.3 Å². The van der Waals surface area contributed by atoms with Gasteiger partial charge in [0.1, 0.15) is 18.2 Å². The summed E-state index contributed by atoms with van der Waals surface area (Å²) in [7, 11) is 0. The normalized spacial score (nSPS) is 13.8. The van der Waals surface area contributed by atoms with Gasteiger partial charge in [-0.2, -0.15) is 5.26 Å². The lowest BCUT2D eigenvalue weighted by atomic mass is 9.90. The summed E-state index contributed by atoms with van der Waals surface area (Å²) in [4.78, 5) is 9.03. The van der Waals surface area contributed by atoms with Crippen molar-refractivity contribution in [3.63, 3.8) is 0 Å². The lowest BCUT2D eigenvalue weighted by Gasteiger charge is -2.13. The van der Waals surface area contributed by atoms with Crippen LogP contribution in [0.1, 0.15) is 48.3 Å². The van der Waals surface area contributed by atoms with Crippen LogP contribution < -0.4 is 4.74 Å². The van der Waals surface area contributed by atoms with E-state index in [2.05, 4.69) is 46.9 Å². The quantitative estimate of drug-likeness (QED) is 0.343. The maximum absolute atomic E-state index is 9.69. The molecule has 168 valence electrons. The highest BCUT2D eigenvalue weighted by molar-refractivity contribution is 5.88. The van der Waals surface area contributed by atoms with Crippen LogP contribution in [0.2, 0.25) is 0 Å². The van der Waals surface area contributed by atoms with Crippen molar-refractivity contribution in [3.05, 3.63) is 107 Å². The molecule has 4 aromatic rings. The fourth-order valence-corrected chi connectivity index (χ4v) is 4.54. The zero-order valence-electron chi connectivity index (χ0n) is 19.5. The molecule has 0 saturated carbocycles. The number of allylic oxidation sites excluding steroid dienone is 1.